The Morgan fingerprint density at radius 1 is 1.28 bits per heavy atom. The predicted molar refractivity (Wildman–Crippen MR) is 96.3 cm³/mol. The van der Waals surface area contributed by atoms with Gasteiger partial charge in [-0.05, 0) is 50.0 Å². The van der Waals surface area contributed by atoms with Gasteiger partial charge in [0.15, 0.2) is 5.03 Å². The summed E-state index contributed by atoms with van der Waals surface area (Å²) in [7, 11) is -3.60. The van der Waals surface area contributed by atoms with Crippen LogP contribution in [0.15, 0.2) is 46.4 Å². The minimum atomic E-state index is -3.60. The van der Waals surface area contributed by atoms with Crippen molar-refractivity contribution in [3.8, 4) is 5.75 Å². The molecule has 1 saturated carbocycles. The fourth-order valence-electron chi connectivity index (χ4n) is 2.89. The molecule has 132 valence electrons. The summed E-state index contributed by atoms with van der Waals surface area (Å²) in [6.07, 6.45) is 9.39. The van der Waals surface area contributed by atoms with Crippen LogP contribution in [0.1, 0.15) is 25.7 Å². The van der Waals surface area contributed by atoms with E-state index in [0.29, 0.717) is 34.2 Å². The van der Waals surface area contributed by atoms with Gasteiger partial charge in [0.25, 0.3) is 0 Å². The van der Waals surface area contributed by atoms with E-state index in [0.717, 1.165) is 19.4 Å². The number of H-pyrrole nitrogens is 1. The van der Waals surface area contributed by atoms with Gasteiger partial charge in [0.1, 0.15) is 12.4 Å². The first kappa shape index (κ1) is 16.4. The number of nitrogens with one attached hydrogen (secondary N) is 2. The molecule has 7 heteroatoms. The van der Waals surface area contributed by atoms with Gasteiger partial charge in [-0.3, -0.25) is 5.10 Å². The van der Waals surface area contributed by atoms with Gasteiger partial charge in [-0.1, -0.05) is 12.2 Å². The third-order valence-electron chi connectivity index (χ3n) is 4.41. The quantitative estimate of drug-likeness (QED) is 0.743. The highest BCUT2D eigenvalue weighted by molar-refractivity contribution is 7.95. The van der Waals surface area contributed by atoms with Crippen LogP contribution >= 0.6 is 0 Å². The summed E-state index contributed by atoms with van der Waals surface area (Å²) in [5.41, 5.74) is 0.613. The van der Waals surface area contributed by atoms with Gasteiger partial charge >= 0.3 is 0 Å². The molecule has 0 radical (unpaired) electrons. The molecule has 2 aromatic rings. The van der Waals surface area contributed by atoms with Gasteiger partial charge in [0, 0.05) is 18.0 Å². The van der Waals surface area contributed by atoms with Crippen molar-refractivity contribution in [2.45, 2.75) is 36.8 Å². The van der Waals surface area contributed by atoms with E-state index in [1.54, 1.807) is 24.3 Å². The van der Waals surface area contributed by atoms with Crippen LogP contribution in [0.2, 0.25) is 0 Å². The van der Waals surface area contributed by atoms with E-state index >= 15 is 0 Å². The van der Waals surface area contributed by atoms with Crippen LogP contribution in [0, 0.1) is 0 Å². The third kappa shape index (κ3) is 3.48. The Balaban J connectivity index is 1.57. The van der Waals surface area contributed by atoms with Crippen LogP contribution in [0.25, 0.3) is 10.9 Å². The average Bonchev–Trinajstić information content (AvgIpc) is 3.36. The molecule has 2 aliphatic rings. The van der Waals surface area contributed by atoms with Crippen LogP contribution in [0.4, 0.5) is 0 Å². The van der Waals surface area contributed by atoms with Gasteiger partial charge in [-0.15, -0.1) is 0 Å². The fourth-order valence-corrected chi connectivity index (χ4v) is 4.35. The van der Waals surface area contributed by atoms with Crippen LogP contribution in [-0.2, 0) is 9.84 Å². The maximum atomic E-state index is 12.9. The molecule has 6 nitrogen and oxygen atoms in total. The molecule has 0 aliphatic heterocycles. The summed E-state index contributed by atoms with van der Waals surface area (Å²) in [5.74, 6) is 0.649. The van der Waals surface area contributed by atoms with E-state index in [9.17, 15) is 8.42 Å². The Labute approximate surface area is 146 Å². The summed E-state index contributed by atoms with van der Waals surface area (Å²) in [4.78, 5) is 0.323. The first-order valence-corrected chi connectivity index (χ1v) is 10.1. The van der Waals surface area contributed by atoms with Crippen molar-refractivity contribution in [2.24, 2.45) is 0 Å². The van der Waals surface area contributed by atoms with Crippen molar-refractivity contribution in [1.82, 2.24) is 15.5 Å². The van der Waals surface area contributed by atoms with E-state index in [2.05, 4.69) is 15.5 Å². The highest BCUT2D eigenvalue weighted by Crippen LogP contribution is 2.30. The predicted octanol–water partition coefficient (Wildman–Crippen LogP) is 2.70. The number of allylic oxidation sites excluding steroid dienone is 3. The highest BCUT2D eigenvalue weighted by Gasteiger charge is 2.25. The van der Waals surface area contributed by atoms with Crippen molar-refractivity contribution in [3.05, 3.63) is 41.3 Å². The number of ether oxygens (including phenoxy) is 1. The molecule has 1 heterocycles. The second kappa shape index (κ2) is 6.65. The molecule has 4 rings (SSSR count). The number of aromatic amines is 1. The number of fused-ring (bicyclic) bond motifs is 1. The summed E-state index contributed by atoms with van der Waals surface area (Å²) in [6, 6.07) is 5.99. The van der Waals surface area contributed by atoms with Crippen molar-refractivity contribution < 1.29 is 13.2 Å². The maximum absolute atomic E-state index is 12.9. The summed E-state index contributed by atoms with van der Waals surface area (Å²) in [6.45, 7) is 1.34. The van der Waals surface area contributed by atoms with E-state index in [-0.39, 0.29) is 5.03 Å². The minimum Gasteiger partial charge on any atom is -0.492 e. The number of hydrogen-bond donors (Lipinski definition) is 2. The molecule has 1 fully saturated rings. The molecule has 0 unspecified atom stereocenters. The first-order chi connectivity index (χ1) is 12.1. The number of sulfone groups is 1. The van der Waals surface area contributed by atoms with E-state index in [4.69, 9.17) is 4.74 Å². The van der Waals surface area contributed by atoms with Crippen LogP contribution in [0.3, 0.4) is 0 Å². The zero-order valence-electron chi connectivity index (χ0n) is 13.9. The molecule has 0 bridgehead atoms. The maximum Gasteiger partial charge on any atom is 0.223 e. The molecule has 2 N–H and O–H groups in total. The van der Waals surface area contributed by atoms with Gasteiger partial charge < -0.3 is 10.1 Å². The lowest BCUT2D eigenvalue weighted by Crippen LogP contribution is -2.22. The largest absolute Gasteiger partial charge is 0.492 e. The Kier molecular flexibility index (Phi) is 4.35. The van der Waals surface area contributed by atoms with Crippen LogP contribution in [0.5, 0.6) is 5.75 Å². The lowest BCUT2D eigenvalue weighted by molar-refractivity contribution is 0.314. The smallest absolute Gasteiger partial charge is 0.223 e. The zero-order chi connectivity index (χ0) is 17.3. The second-order valence-electron chi connectivity index (χ2n) is 6.40. The van der Waals surface area contributed by atoms with Crippen LogP contribution < -0.4 is 10.1 Å². The van der Waals surface area contributed by atoms with Crippen molar-refractivity contribution in [2.75, 3.05) is 13.2 Å². The third-order valence-corrected chi connectivity index (χ3v) is 6.18. The molecule has 0 atom stereocenters. The highest BCUT2D eigenvalue weighted by atomic mass is 32.2. The Morgan fingerprint density at radius 3 is 2.92 bits per heavy atom. The van der Waals surface area contributed by atoms with Gasteiger partial charge in [0.2, 0.25) is 9.84 Å². The van der Waals surface area contributed by atoms with Crippen molar-refractivity contribution in [3.63, 3.8) is 0 Å². The zero-order valence-corrected chi connectivity index (χ0v) is 14.7. The molecule has 1 aromatic carbocycles. The monoisotopic (exact) mass is 359 g/mol. The van der Waals surface area contributed by atoms with Gasteiger partial charge in [-0.25, -0.2) is 8.42 Å². The van der Waals surface area contributed by atoms with Crippen molar-refractivity contribution >= 4 is 20.7 Å². The van der Waals surface area contributed by atoms with E-state index in [1.165, 1.54) is 12.8 Å². The lowest BCUT2D eigenvalue weighted by atomic mass is 10.2. The number of benzene rings is 1. The molecule has 0 amide bonds. The summed E-state index contributed by atoms with van der Waals surface area (Å²) < 4.78 is 31.5. The topological polar surface area (TPSA) is 84.1 Å². The fraction of sp³-hybridized carbons (Fsp3) is 0.389. The van der Waals surface area contributed by atoms with Gasteiger partial charge in [0.05, 0.1) is 10.4 Å². The molecule has 1 aromatic heterocycles. The Morgan fingerprint density at radius 2 is 2.16 bits per heavy atom. The van der Waals surface area contributed by atoms with E-state index < -0.39 is 9.84 Å². The van der Waals surface area contributed by atoms with E-state index in [1.807, 2.05) is 12.1 Å². The summed E-state index contributed by atoms with van der Waals surface area (Å²) >= 11 is 0. The minimum absolute atomic E-state index is 0.127. The lowest BCUT2D eigenvalue weighted by Gasteiger charge is -2.09. The number of rotatable bonds is 7. The van der Waals surface area contributed by atoms with Crippen LogP contribution in [-0.4, -0.2) is 37.8 Å². The first-order valence-electron chi connectivity index (χ1n) is 8.61. The second-order valence-corrected chi connectivity index (χ2v) is 8.28. The molecular formula is C18H21N3O3S. The van der Waals surface area contributed by atoms with Gasteiger partial charge in [-0.2, -0.15) is 5.10 Å². The molecule has 25 heavy (non-hydrogen) atoms. The number of nitrogens with zero attached hydrogens (tertiary/aromatic N) is 1. The average molecular weight is 359 g/mol. The normalized spacial score (nSPS) is 17.7. The Bertz CT molecular complexity index is 940. The number of hydrogen-bond acceptors (Lipinski definition) is 5. The molecule has 0 saturated heterocycles. The molecule has 0 spiro atoms. The standard InChI is InChI=1S/C18H21N3O3S/c22-25(23,15-4-2-1-3-5-15)18-16-12-14(8-9-17(16)20-21-18)24-11-10-19-13-6-7-13/h2,4-5,8-9,12-13,19H,1,3,6-7,10-11H2,(H,20,21). The SMILES string of the molecule is O=S(=O)(C1=CCCC=C1)c1[nH]nc2ccc(OCCNC3CC3)cc12. The van der Waals surface area contributed by atoms with Crippen molar-refractivity contribution in [1.29, 1.82) is 0 Å². The Hall–Kier alpha value is -2.12. The number of aromatic nitrogens is 2. The molecular weight excluding hydrogens is 338 g/mol. The molecule has 2 aliphatic carbocycles. The summed E-state index contributed by atoms with van der Waals surface area (Å²) in [5, 5.41) is 10.9.